The van der Waals surface area contributed by atoms with Gasteiger partial charge in [0.15, 0.2) is 0 Å². The smallest absolute Gasteiger partial charge is 0.430 e. The summed E-state index contributed by atoms with van der Waals surface area (Å²) in [5, 5.41) is 10.2. The van der Waals surface area contributed by atoms with Gasteiger partial charge in [0, 0.05) is 5.56 Å². The third-order valence-corrected chi connectivity index (χ3v) is 5.97. The van der Waals surface area contributed by atoms with Crippen molar-refractivity contribution in [3.63, 3.8) is 0 Å². The molecule has 1 atom stereocenters. The summed E-state index contributed by atoms with van der Waals surface area (Å²) in [5.74, 6) is -1.45. The topological polar surface area (TPSA) is 46.5 Å². The first-order valence-corrected chi connectivity index (χ1v) is 11.3. The van der Waals surface area contributed by atoms with Crippen LogP contribution >= 0.6 is 0 Å². The van der Waals surface area contributed by atoms with Crippen LogP contribution in [0.3, 0.4) is 0 Å². The van der Waals surface area contributed by atoms with Crippen LogP contribution in [0.1, 0.15) is 24.5 Å². The molecule has 1 aliphatic heterocycles. The summed E-state index contributed by atoms with van der Waals surface area (Å²) in [5.41, 5.74) is 0.365. The maximum Gasteiger partial charge on any atom is 0.430 e. The minimum Gasteiger partial charge on any atom is -0.478 e. The van der Waals surface area contributed by atoms with Crippen LogP contribution < -0.4 is 9.92 Å². The number of benzene rings is 1. The van der Waals surface area contributed by atoms with E-state index in [9.17, 15) is 18.0 Å². The lowest BCUT2D eigenvalue weighted by molar-refractivity contribution is -0.187. The number of hydrogen-bond acceptors (Lipinski definition) is 2. The van der Waals surface area contributed by atoms with Crippen LogP contribution in [0.5, 0.6) is 5.75 Å². The van der Waals surface area contributed by atoms with E-state index in [1.165, 1.54) is 0 Å². The van der Waals surface area contributed by atoms with Gasteiger partial charge in [-0.2, -0.15) is 13.2 Å². The molecule has 0 saturated heterocycles. The lowest BCUT2D eigenvalue weighted by Gasteiger charge is -2.30. The summed E-state index contributed by atoms with van der Waals surface area (Å²) in [6, 6.07) is 3.69. The lowest BCUT2D eigenvalue weighted by Crippen LogP contribution is -2.42. The fourth-order valence-corrected chi connectivity index (χ4v) is 3.89. The average Bonchev–Trinajstić information content (AvgIpc) is 2.44. The molecule has 132 valence electrons. The SMILES string of the molecule is CCCc1cc([Si](C)(C)C)cc2c1OC(C(F)(F)F)C(C(=O)O)=C2. The summed E-state index contributed by atoms with van der Waals surface area (Å²) in [6.07, 6.45) is -4.75. The predicted molar refractivity (Wildman–Crippen MR) is 89.5 cm³/mol. The van der Waals surface area contributed by atoms with Crippen molar-refractivity contribution in [3.05, 3.63) is 28.8 Å². The molecule has 0 amide bonds. The van der Waals surface area contributed by atoms with Gasteiger partial charge in [-0.05, 0) is 18.1 Å². The predicted octanol–water partition coefficient (Wildman–Crippen LogP) is 3.98. The molecule has 24 heavy (non-hydrogen) atoms. The van der Waals surface area contributed by atoms with Crippen LogP contribution in [0.25, 0.3) is 6.08 Å². The normalized spacial score (nSPS) is 17.8. The van der Waals surface area contributed by atoms with Crippen LogP contribution in [0.15, 0.2) is 17.7 Å². The van der Waals surface area contributed by atoms with Crippen molar-refractivity contribution >= 4 is 25.3 Å². The molecule has 0 radical (unpaired) electrons. The number of halogens is 3. The zero-order valence-electron chi connectivity index (χ0n) is 14.1. The Labute approximate surface area is 140 Å². The van der Waals surface area contributed by atoms with Gasteiger partial charge in [-0.25, -0.2) is 4.79 Å². The number of fused-ring (bicyclic) bond motifs is 1. The number of carboxylic acid groups (broad SMARTS) is 1. The van der Waals surface area contributed by atoms with E-state index in [4.69, 9.17) is 9.84 Å². The highest BCUT2D eigenvalue weighted by Gasteiger charge is 2.48. The van der Waals surface area contributed by atoms with E-state index in [1.54, 1.807) is 6.07 Å². The molecule has 0 bridgehead atoms. The summed E-state index contributed by atoms with van der Waals surface area (Å²) in [7, 11) is -1.71. The van der Waals surface area contributed by atoms with E-state index in [1.807, 2.05) is 13.0 Å². The van der Waals surface area contributed by atoms with Crippen LogP contribution in [-0.2, 0) is 11.2 Å². The minimum atomic E-state index is -4.77. The second kappa shape index (κ2) is 6.27. The fraction of sp³-hybridized carbons (Fsp3) is 0.471. The minimum absolute atomic E-state index is 0.158. The maximum atomic E-state index is 13.2. The Hall–Kier alpha value is -1.76. The van der Waals surface area contributed by atoms with Crippen LogP contribution in [0.2, 0.25) is 19.6 Å². The Balaban J connectivity index is 2.68. The number of alkyl halides is 3. The second-order valence-corrected chi connectivity index (χ2v) is 12.1. The zero-order valence-corrected chi connectivity index (χ0v) is 15.1. The molecular weight excluding hydrogens is 337 g/mol. The Morgan fingerprint density at radius 2 is 1.92 bits per heavy atom. The van der Waals surface area contributed by atoms with Crippen molar-refractivity contribution in [2.75, 3.05) is 0 Å². The molecule has 1 aromatic rings. The van der Waals surface area contributed by atoms with Crippen molar-refractivity contribution in [1.29, 1.82) is 0 Å². The molecule has 7 heteroatoms. The Bertz CT molecular complexity index is 688. The lowest BCUT2D eigenvalue weighted by atomic mass is 9.97. The number of ether oxygens (including phenoxy) is 1. The summed E-state index contributed by atoms with van der Waals surface area (Å²) < 4.78 is 44.8. The fourth-order valence-electron chi connectivity index (χ4n) is 2.69. The Morgan fingerprint density at radius 1 is 1.29 bits per heavy atom. The van der Waals surface area contributed by atoms with Gasteiger partial charge in [0.1, 0.15) is 5.75 Å². The second-order valence-electron chi connectivity index (χ2n) is 7.00. The van der Waals surface area contributed by atoms with E-state index < -0.39 is 31.9 Å². The standard InChI is InChI=1S/C17H21F3O3Si/c1-5-6-10-7-12(24(2,3)4)8-11-9-13(16(21)22)15(17(18,19)20)23-14(10)11/h7-9,15H,5-6H2,1-4H3,(H,21,22). The van der Waals surface area contributed by atoms with E-state index in [0.29, 0.717) is 17.5 Å². The van der Waals surface area contributed by atoms with Gasteiger partial charge in [-0.15, -0.1) is 0 Å². The number of carboxylic acids is 1. The molecule has 1 unspecified atom stereocenters. The number of hydrogen-bond donors (Lipinski definition) is 1. The Kier molecular flexibility index (Phi) is 4.85. The number of rotatable bonds is 4. The quantitative estimate of drug-likeness (QED) is 0.829. The molecular formula is C17H21F3O3Si. The van der Waals surface area contributed by atoms with E-state index in [2.05, 4.69) is 19.6 Å². The molecule has 2 rings (SSSR count). The first kappa shape index (κ1) is 18.6. The molecule has 1 aromatic carbocycles. The number of aryl methyl sites for hydroxylation is 1. The van der Waals surface area contributed by atoms with E-state index in [-0.39, 0.29) is 5.75 Å². The highest BCUT2D eigenvalue weighted by molar-refractivity contribution is 6.88. The first-order chi connectivity index (χ1) is 10.9. The van der Waals surface area contributed by atoms with Gasteiger partial charge in [-0.3, -0.25) is 0 Å². The first-order valence-electron chi connectivity index (χ1n) is 7.80. The molecule has 1 N–H and O–H groups in total. The van der Waals surface area contributed by atoms with Gasteiger partial charge in [0.05, 0.1) is 13.6 Å². The number of aliphatic carboxylic acids is 1. The Morgan fingerprint density at radius 3 is 2.38 bits per heavy atom. The van der Waals surface area contributed by atoms with E-state index >= 15 is 0 Å². The molecule has 0 fully saturated rings. The highest BCUT2D eigenvalue weighted by atomic mass is 28.3. The molecule has 1 heterocycles. The van der Waals surface area contributed by atoms with Gasteiger partial charge in [-0.1, -0.05) is 50.3 Å². The van der Waals surface area contributed by atoms with Gasteiger partial charge < -0.3 is 9.84 Å². The van der Waals surface area contributed by atoms with Gasteiger partial charge in [0.2, 0.25) is 6.10 Å². The molecule has 0 aliphatic carbocycles. The monoisotopic (exact) mass is 358 g/mol. The zero-order chi connectivity index (χ0) is 18.3. The van der Waals surface area contributed by atoms with Gasteiger partial charge in [0.25, 0.3) is 0 Å². The van der Waals surface area contributed by atoms with Crippen LogP contribution in [-0.4, -0.2) is 31.4 Å². The molecule has 0 spiro atoms. The third kappa shape index (κ3) is 3.66. The summed E-state index contributed by atoms with van der Waals surface area (Å²) in [4.78, 5) is 11.3. The van der Waals surface area contributed by atoms with Crippen molar-refractivity contribution in [1.82, 2.24) is 0 Å². The van der Waals surface area contributed by atoms with Crippen molar-refractivity contribution in [3.8, 4) is 5.75 Å². The van der Waals surface area contributed by atoms with Crippen LogP contribution in [0, 0.1) is 0 Å². The maximum absolute atomic E-state index is 13.2. The molecule has 0 aromatic heterocycles. The highest BCUT2D eigenvalue weighted by Crippen LogP contribution is 2.39. The molecule has 1 aliphatic rings. The van der Waals surface area contributed by atoms with Crippen molar-refractivity contribution < 1.29 is 27.8 Å². The van der Waals surface area contributed by atoms with E-state index in [0.717, 1.165) is 17.7 Å². The molecule has 0 saturated carbocycles. The molecule has 3 nitrogen and oxygen atoms in total. The average molecular weight is 358 g/mol. The largest absolute Gasteiger partial charge is 0.478 e. The third-order valence-electron chi connectivity index (χ3n) is 3.95. The van der Waals surface area contributed by atoms with Crippen molar-refractivity contribution in [2.24, 2.45) is 0 Å². The van der Waals surface area contributed by atoms with Gasteiger partial charge >= 0.3 is 12.1 Å². The summed E-state index contributed by atoms with van der Waals surface area (Å²) in [6.45, 7) is 8.34. The van der Waals surface area contributed by atoms with Crippen LogP contribution in [0.4, 0.5) is 13.2 Å². The number of carbonyl (C=O) groups is 1. The van der Waals surface area contributed by atoms with Crippen molar-refractivity contribution in [2.45, 2.75) is 51.7 Å². The summed E-state index contributed by atoms with van der Waals surface area (Å²) >= 11 is 0.